The number of nitrogens with one attached hydrogen (secondary N) is 1. The van der Waals surface area contributed by atoms with Crippen LogP contribution < -0.4 is 5.32 Å². The summed E-state index contributed by atoms with van der Waals surface area (Å²) >= 11 is 0. The van der Waals surface area contributed by atoms with Crippen molar-refractivity contribution in [2.45, 2.75) is 43.5 Å². The van der Waals surface area contributed by atoms with Crippen molar-refractivity contribution in [3.05, 3.63) is 29.6 Å². The molecule has 144 valence electrons. The fraction of sp³-hybridized carbons (Fsp3) is 0.611. The number of halogens is 1. The maximum Gasteiger partial charge on any atom is 0.254 e. The Morgan fingerprint density at radius 3 is 2.62 bits per heavy atom. The first-order chi connectivity index (χ1) is 12.4. The van der Waals surface area contributed by atoms with E-state index in [0.29, 0.717) is 19.1 Å². The Bertz CT molecular complexity index is 762. The third-order valence-corrected chi connectivity index (χ3v) is 7.11. The highest BCUT2D eigenvalue weighted by Gasteiger charge is 2.29. The van der Waals surface area contributed by atoms with Gasteiger partial charge >= 0.3 is 0 Å². The van der Waals surface area contributed by atoms with E-state index in [0.717, 1.165) is 37.8 Å². The van der Waals surface area contributed by atoms with Gasteiger partial charge in [0.05, 0.1) is 23.7 Å². The minimum atomic E-state index is -3.77. The van der Waals surface area contributed by atoms with Gasteiger partial charge in [-0.25, -0.2) is 12.8 Å². The number of rotatable bonds is 4. The van der Waals surface area contributed by atoms with E-state index in [1.807, 2.05) is 0 Å². The van der Waals surface area contributed by atoms with Crippen molar-refractivity contribution in [3.63, 3.8) is 0 Å². The highest BCUT2D eigenvalue weighted by atomic mass is 32.2. The average molecular weight is 384 g/mol. The maximum absolute atomic E-state index is 14.2. The number of nitrogens with zero attached hydrogens (tertiary/aromatic N) is 1. The van der Waals surface area contributed by atoms with Crippen LogP contribution in [0.1, 0.15) is 43.0 Å². The topological polar surface area (TPSA) is 75.7 Å². The van der Waals surface area contributed by atoms with E-state index in [1.165, 1.54) is 10.4 Å². The van der Waals surface area contributed by atoms with Crippen molar-refractivity contribution >= 4 is 15.9 Å². The molecule has 1 N–H and O–H groups in total. The van der Waals surface area contributed by atoms with Gasteiger partial charge in [0, 0.05) is 19.1 Å². The molecular weight excluding hydrogens is 359 g/mol. The predicted octanol–water partition coefficient (Wildman–Crippen LogP) is 2.16. The van der Waals surface area contributed by atoms with Gasteiger partial charge < -0.3 is 10.1 Å². The monoisotopic (exact) mass is 384 g/mol. The second kappa shape index (κ2) is 8.02. The van der Waals surface area contributed by atoms with Gasteiger partial charge in [-0.2, -0.15) is 4.31 Å². The van der Waals surface area contributed by atoms with Crippen molar-refractivity contribution in [1.29, 1.82) is 0 Å². The Hall–Kier alpha value is -1.51. The third-order valence-electron chi connectivity index (χ3n) is 5.22. The largest absolute Gasteiger partial charge is 0.379 e. The highest BCUT2D eigenvalue weighted by molar-refractivity contribution is 7.89. The molecule has 1 heterocycles. The lowest BCUT2D eigenvalue weighted by atomic mass is 9.86. The van der Waals surface area contributed by atoms with Crippen LogP contribution in [0.4, 0.5) is 4.39 Å². The Morgan fingerprint density at radius 2 is 1.92 bits per heavy atom. The third kappa shape index (κ3) is 4.07. The highest BCUT2D eigenvalue weighted by Crippen LogP contribution is 2.25. The van der Waals surface area contributed by atoms with Crippen LogP contribution in [-0.4, -0.2) is 51.0 Å². The Morgan fingerprint density at radius 1 is 1.23 bits per heavy atom. The van der Waals surface area contributed by atoms with Crippen molar-refractivity contribution in [1.82, 2.24) is 9.62 Å². The van der Waals surface area contributed by atoms with Gasteiger partial charge in [-0.1, -0.05) is 19.8 Å². The number of ether oxygens (including phenoxy) is 1. The predicted molar refractivity (Wildman–Crippen MR) is 94.9 cm³/mol. The molecule has 3 rings (SSSR count). The molecule has 0 aromatic heterocycles. The second-order valence-electron chi connectivity index (χ2n) is 7.00. The Labute approximate surface area is 153 Å². The number of sulfonamides is 1. The molecule has 6 nitrogen and oxygen atoms in total. The second-order valence-corrected chi connectivity index (χ2v) is 8.94. The zero-order valence-electron chi connectivity index (χ0n) is 14.9. The van der Waals surface area contributed by atoms with E-state index in [1.54, 1.807) is 0 Å². The van der Waals surface area contributed by atoms with Crippen molar-refractivity contribution in [3.8, 4) is 0 Å². The fourth-order valence-electron chi connectivity index (χ4n) is 3.55. The summed E-state index contributed by atoms with van der Waals surface area (Å²) in [5.41, 5.74) is -0.225. The molecular formula is C18H25FN2O4S. The number of amides is 1. The lowest BCUT2D eigenvalue weighted by Gasteiger charge is -2.29. The summed E-state index contributed by atoms with van der Waals surface area (Å²) in [6.45, 7) is 3.22. The summed E-state index contributed by atoms with van der Waals surface area (Å²) in [7, 11) is -3.77. The summed E-state index contributed by atoms with van der Waals surface area (Å²) in [4.78, 5) is 12.5. The smallest absolute Gasteiger partial charge is 0.254 e. The molecule has 26 heavy (non-hydrogen) atoms. The van der Waals surface area contributed by atoms with E-state index < -0.39 is 21.7 Å². The van der Waals surface area contributed by atoms with Gasteiger partial charge in [0.25, 0.3) is 5.91 Å². The van der Waals surface area contributed by atoms with Crippen LogP contribution in [0.5, 0.6) is 0 Å². The number of carbonyl (C=O) groups is 1. The van der Waals surface area contributed by atoms with Crippen LogP contribution in [0.15, 0.2) is 23.1 Å². The molecule has 2 fully saturated rings. The molecule has 1 aliphatic heterocycles. The van der Waals surface area contributed by atoms with Crippen molar-refractivity contribution < 1.29 is 22.3 Å². The lowest BCUT2D eigenvalue weighted by molar-refractivity contribution is 0.0730. The first-order valence-corrected chi connectivity index (χ1v) is 10.5. The van der Waals surface area contributed by atoms with Crippen LogP contribution >= 0.6 is 0 Å². The van der Waals surface area contributed by atoms with E-state index in [4.69, 9.17) is 4.74 Å². The lowest BCUT2D eigenvalue weighted by Crippen LogP contribution is -2.42. The summed E-state index contributed by atoms with van der Waals surface area (Å²) in [5, 5.41) is 2.88. The Kier molecular flexibility index (Phi) is 5.94. The van der Waals surface area contributed by atoms with E-state index in [9.17, 15) is 17.6 Å². The fourth-order valence-corrected chi connectivity index (χ4v) is 4.99. The number of hydrogen-bond acceptors (Lipinski definition) is 4. The van der Waals surface area contributed by atoms with Gasteiger partial charge in [-0.05, 0) is 37.0 Å². The van der Waals surface area contributed by atoms with Crippen LogP contribution in [0.3, 0.4) is 0 Å². The van der Waals surface area contributed by atoms with E-state index >= 15 is 0 Å². The van der Waals surface area contributed by atoms with Crippen LogP contribution in [0, 0.1) is 11.7 Å². The molecule has 0 radical (unpaired) electrons. The normalized spacial score (nSPS) is 25.0. The number of carbonyl (C=O) groups excluding carboxylic acids is 1. The molecule has 2 atom stereocenters. The molecule has 1 amide bonds. The molecule has 1 saturated heterocycles. The standard InChI is InChI=1S/C18H25FN2O4S/c1-13-4-2-3-5-17(13)20-18(22)15-12-14(6-7-16(15)19)26(23,24)21-8-10-25-11-9-21/h6-7,12-13,17H,2-5,8-11H2,1H3,(H,20,22)/t13-,17-/m1/s1. The van der Waals surface area contributed by atoms with E-state index in [2.05, 4.69) is 12.2 Å². The molecule has 1 saturated carbocycles. The number of benzene rings is 1. The molecule has 2 aliphatic rings. The van der Waals surface area contributed by atoms with Crippen molar-refractivity contribution in [2.24, 2.45) is 5.92 Å². The SMILES string of the molecule is C[C@@H]1CCCC[C@H]1NC(=O)c1cc(S(=O)(=O)N2CCOCC2)ccc1F. The minimum absolute atomic E-state index is 0.00448. The number of hydrogen-bond donors (Lipinski definition) is 1. The first-order valence-electron chi connectivity index (χ1n) is 9.08. The van der Waals surface area contributed by atoms with Gasteiger partial charge in [0.2, 0.25) is 10.0 Å². The number of morpholine rings is 1. The summed E-state index contributed by atoms with van der Waals surface area (Å²) < 4.78 is 46.2. The molecule has 0 spiro atoms. The van der Waals surface area contributed by atoms with Crippen LogP contribution in [0.2, 0.25) is 0 Å². The zero-order chi connectivity index (χ0) is 18.7. The van der Waals surface area contributed by atoms with Crippen LogP contribution in [-0.2, 0) is 14.8 Å². The zero-order valence-corrected chi connectivity index (χ0v) is 15.7. The molecule has 0 unspecified atom stereocenters. The quantitative estimate of drug-likeness (QED) is 0.863. The molecule has 1 aliphatic carbocycles. The maximum atomic E-state index is 14.2. The molecule has 1 aromatic rings. The minimum Gasteiger partial charge on any atom is -0.379 e. The molecule has 8 heteroatoms. The Balaban J connectivity index is 1.81. The van der Waals surface area contributed by atoms with Gasteiger partial charge in [-0.15, -0.1) is 0 Å². The first kappa shape index (κ1) is 19.3. The van der Waals surface area contributed by atoms with Gasteiger partial charge in [0.15, 0.2) is 0 Å². The molecule has 0 bridgehead atoms. The van der Waals surface area contributed by atoms with Gasteiger partial charge in [-0.3, -0.25) is 4.79 Å². The van der Waals surface area contributed by atoms with Crippen molar-refractivity contribution in [2.75, 3.05) is 26.3 Å². The summed E-state index contributed by atoms with van der Waals surface area (Å²) in [5.74, 6) is -0.941. The molecule has 1 aromatic carbocycles. The summed E-state index contributed by atoms with van der Waals surface area (Å²) in [6, 6.07) is 3.39. The summed E-state index contributed by atoms with van der Waals surface area (Å²) in [6.07, 6.45) is 4.05. The average Bonchev–Trinajstić information content (AvgIpc) is 2.64. The van der Waals surface area contributed by atoms with E-state index in [-0.39, 0.29) is 29.6 Å². The van der Waals surface area contributed by atoms with Crippen LogP contribution in [0.25, 0.3) is 0 Å². The van der Waals surface area contributed by atoms with Gasteiger partial charge in [0.1, 0.15) is 5.82 Å².